The minimum Gasteiger partial charge on any atom is -0.454 e. The van der Waals surface area contributed by atoms with Crippen LogP contribution in [0.3, 0.4) is 0 Å². The van der Waals surface area contributed by atoms with E-state index in [1.54, 1.807) is 19.1 Å². The third kappa shape index (κ3) is 4.55. The number of ether oxygens (including phenoxy) is 1. The first kappa shape index (κ1) is 19.6. The van der Waals surface area contributed by atoms with E-state index in [4.69, 9.17) is 4.74 Å². The molecule has 3 aromatic carbocycles. The highest BCUT2D eigenvalue weighted by Crippen LogP contribution is 2.26. The molecule has 0 radical (unpaired) electrons. The van der Waals surface area contributed by atoms with Gasteiger partial charge in [-0.25, -0.2) is 0 Å². The lowest BCUT2D eigenvalue weighted by Gasteiger charge is -2.20. The zero-order chi connectivity index (χ0) is 19.9. The first-order chi connectivity index (χ1) is 13.6. The highest BCUT2D eigenvalue weighted by atomic mass is 16.5. The molecule has 0 spiro atoms. The van der Waals surface area contributed by atoms with E-state index in [2.05, 4.69) is 6.92 Å². The average Bonchev–Trinajstić information content (AvgIpc) is 2.75. The number of benzene rings is 3. The monoisotopic (exact) mass is 372 g/mol. The van der Waals surface area contributed by atoms with Crippen LogP contribution in [-0.4, -0.2) is 17.9 Å². The van der Waals surface area contributed by atoms with E-state index >= 15 is 0 Å². The summed E-state index contributed by atoms with van der Waals surface area (Å²) in [7, 11) is 0. The van der Waals surface area contributed by atoms with Crippen LogP contribution in [0.5, 0.6) is 0 Å². The normalized spacial score (nSPS) is 11.8. The predicted octanol–water partition coefficient (Wildman–Crippen LogP) is 5.20. The largest absolute Gasteiger partial charge is 0.454 e. The summed E-state index contributed by atoms with van der Waals surface area (Å²) in [5.41, 5.74) is 3.39. The van der Waals surface area contributed by atoms with Crippen LogP contribution < -0.4 is 0 Å². The maximum atomic E-state index is 13.0. The number of ketones is 1. The molecule has 0 aromatic heterocycles. The molecule has 3 heteroatoms. The van der Waals surface area contributed by atoms with Crippen LogP contribution in [-0.2, 0) is 16.0 Å². The van der Waals surface area contributed by atoms with Crippen LogP contribution in [0.4, 0.5) is 0 Å². The number of hydrogen-bond acceptors (Lipinski definition) is 3. The fourth-order valence-electron chi connectivity index (χ4n) is 3.19. The minimum atomic E-state index is -0.852. The summed E-state index contributed by atoms with van der Waals surface area (Å²) < 4.78 is 5.61. The number of rotatable bonds is 7. The van der Waals surface area contributed by atoms with Gasteiger partial charge in [0, 0.05) is 5.56 Å². The summed E-state index contributed by atoms with van der Waals surface area (Å²) >= 11 is 0. The Kier molecular flexibility index (Phi) is 6.38. The molecule has 3 nitrogen and oxygen atoms in total. The second-order valence-corrected chi connectivity index (χ2v) is 6.75. The third-order valence-electron chi connectivity index (χ3n) is 4.81. The number of hydrogen-bond donors (Lipinski definition) is 0. The van der Waals surface area contributed by atoms with Crippen molar-refractivity contribution in [1.29, 1.82) is 0 Å². The Morgan fingerprint density at radius 3 is 1.75 bits per heavy atom. The van der Waals surface area contributed by atoms with Gasteiger partial charge >= 0.3 is 5.97 Å². The van der Waals surface area contributed by atoms with Crippen LogP contribution in [0.1, 0.15) is 46.8 Å². The van der Waals surface area contributed by atoms with Crippen molar-refractivity contribution in [2.75, 3.05) is 0 Å². The first-order valence-electron chi connectivity index (χ1n) is 9.53. The van der Waals surface area contributed by atoms with Gasteiger partial charge in [-0.2, -0.15) is 0 Å². The fraction of sp³-hybridized carbons (Fsp3) is 0.200. The second-order valence-electron chi connectivity index (χ2n) is 6.75. The summed E-state index contributed by atoms with van der Waals surface area (Å²) in [5, 5.41) is 0. The Morgan fingerprint density at radius 2 is 1.29 bits per heavy atom. The van der Waals surface area contributed by atoms with E-state index in [9.17, 15) is 9.59 Å². The number of Topliss-reactive ketones (excluding diaryl/α,β-unsaturated/α-hetero) is 1. The molecule has 0 bridgehead atoms. The summed E-state index contributed by atoms with van der Waals surface area (Å²) in [4.78, 5) is 25.7. The Bertz CT molecular complexity index is 876. The highest BCUT2D eigenvalue weighted by Gasteiger charge is 2.28. The Hall–Kier alpha value is -3.20. The molecule has 28 heavy (non-hydrogen) atoms. The fourth-order valence-corrected chi connectivity index (χ4v) is 3.19. The Labute approximate surface area is 166 Å². The van der Waals surface area contributed by atoms with Crippen molar-refractivity contribution in [3.05, 3.63) is 107 Å². The smallest absolute Gasteiger partial charge is 0.318 e. The number of carbonyl (C=O) groups excluding carboxylic acids is 2. The minimum absolute atomic E-state index is 0.198. The van der Waals surface area contributed by atoms with Crippen molar-refractivity contribution in [2.45, 2.75) is 32.3 Å². The highest BCUT2D eigenvalue weighted by molar-refractivity contribution is 6.00. The third-order valence-corrected chi connectivity index (χ3v) is 4.81. The molecule has 3 rings (SSSR count). The molecule has 0 heterocycles. The lowest BCUT2D eigenvalue weighted by molar-refractivity contribution is -0.147. The van der Waals surface area contributed by atoms with E-state index in [1.165, 1.54) is 0 Å². The Morgan fingerprint density at radius 1 is 0.786 bits per heavy atom. The molecule has 0 unspecified atom stereocenters. The van der Waals surface area contributed by atoms with Crippen molar-refractivity contribution in [3.63, 3.8) is 0 Å². The molecular formula is C25H24O3. The molecule has 0 saturated carbocycles. The number of aryl methyl sites for hydroxylation is 1. The van der Waals surface area contributed by atoms with Crippen molar-refractivity contribution in [3.8, 4) is 0 Å². The van der Waals surface area contributed by atoms with Gasteiger partial charge in [-0.15, -0.1) is 0 Å². The number of carbonyl (C=O) groups is 2. The van der Waals surface area contributed by atoms with E-state index in [-0.39, 0.29) is 5.78 Å². The summed E-state index contributed by atoms with van der Waals surface area (Å²) in [6.45, 7) is 3.69. The Balaban J connectivity index is 1.80. The van der Waals surface area contributed by atoms with Gasteiger partial charge in [0.25, 0.3) is 0 Å². The predicted molar refractivity (Wildman–Crippen MR) is 110 cm³/mol. The molecule has 0 aliphatic rings. The van der Waals surface area contributed by atoms with E-state index < -0.39 is 18.0 Å². The van der Waals surface area contributed by atoms with E-state index in [0.717, 1.165) is 23.1 Å². The second kappa shape index (κ2) is 9.14. The molecule has 1 atom stereocenters. The van der Waals surface area contributed by atoms with Gasteiger partial charge in [-0.1, -0.05) is 91.9 Å². The van der Waals surface area contributed by atoms with Gasteiger partial charge in [0.15, 0.2) is 6.10 Å². The quantitative estimate of drug-likeness (QED) is 0.423. The van der Waals surface area contributed by atoms with Crippen molar-refractivity contribution < 1.29 is 14.3 Å². The molecule has 0 N–H and O–H groups in total. The lowest BCUT2D eigenvalue weighted by atomic mass is 9.91. The summed E-state index contributed by atoms with van der Waals surface area (Å²) in [6, 6.07) is 26.4. The molecule has 142 valence electrons. The zero-order valence-corrected chi connectivity index (χ0v) is 16.2. The van der Waals surface area contributed by atoms with Gasteiger partial charge in [-0.05, 0) is 30.0 Å². The lowest BCUT2D eigenvalue weighted by Crippen LogP contribution is -2.28. The van der Waals surface area contributed by atoms with Crippen molar-refractivity contribution in [1.82, 2.24) is 0 Å². The molecule has 3 aromatic rings. The van der Waals surface area contributed by atoms with Crippen LogP contribution in [0.25, 0.3) is 0 Å². The first-order valence-corrected chi connectivity index (χ1v) is 9.53. The van der Waals surface area contributed by atoms with Crippen molar-refractivity contribution in [2.24, 2.45) is 0 Å². The maximum Gasteiger partial charge on any atom is 0.318 e. The number of esters is 1. The summed E-state index contributed by atoms with van der Waals surface area (Å²) in [6.07, 6.45) is 0.0596. The maximum absolute atomic E-state index is 13.0. The molecular weight excluding hydrogens is 348 g/mol. The molecule has 0 fully saturated rings. The summed E-state index contributed by atoms with van der Waals surface area (Å²) in [5.74, 6) is -1.19. The van der Waals surface area contributed by atoms with Crippen LogP contribution in [0, 0.1) is 0 Å². The van der Waals surface area contributed by atoms with Crippen LogP contribution in [0.15, 0.2) is 84.9 Å². The van der Waals surface area contributed by atoms with Crippen LogP contribution in [0.2, 0.25) is 0 Å². The van der Waals surface area contributed by atoms with Crippen molar-refractivity contribution >= 4 is 11.8 Å². The van der Waals surface area contributed by atoms with Crippen LogP contribution >= 0.6 is 0 Å². The zero-order valence-electron chi connectivity index (χ0n) is 16.2. The van der Waals surface area contributed by atoms with Gasteiger partial charge in [-0.3, -0.25) is 9.59 Å². The average molecular weight is 372 g/mol. The van der Waals surface area contributed by atoms with Gasteiger partial charge in [0.2, 0.25) is 5.78 Å². The molecule has 0 aliphatic carbocycles. The van der Waals surface area contributed by atoms with E-state index in [0.29, 0.717) is 5.56 Å². The molecule has 0 amide bonds. The van der Waals surface area contributed by atoms with Gasteiger partial charge in [0.1, 0.15) is 5.92 Å². The standard InChI is InChI=1S/C25H24O3/c1-3-19-14-16-22(17-15-19)24(26)18(2)28-25(27)23(20-10-6-4-7-11-20)21-12-8-5-9-13-21/h4-18,23H,3H2,1-2H3/t18-/m0/s1. The molecule has 0 aliphatic heterocycles. The van der Waals surface area contributed by atoms with Gasteiger partial charge in [0.05, 0.1) is 0 Å². The van der Waals surface area contributed by atoms with Gasteiger partial charge < -0.3 is 4.74 Å². The topological polar surface area (TPSA) is 43.4 Å². The SMILES string of the molecule is CCc1ccc(C(=O)[C@H](C)OC(=O)C(c2ccccc2)c2ccccc2)cc1. The molecule has 0 saturated heterocycles. The van der Waals surface area contributed by atoms with E-state index in [1.807, 2.05) is 72.8 Å².